The largest absolute Gasteiger partial charge is 0.450 e. The van der Waals surface area contributed by atoms with Crippen LogP contribution in [0.15, 0.2) is 30.3 Å². The number of piperazine rings is 1. The fourth-order valence-corrected chi connectivity index (χ4v) is 3.12. The van der Waals surface area contributed by atoms with Crippen LogP contribution in [-0.4, -0.2) is 64.4 Å². The second kappa shape index (κ2) is 7.78. The summed E-state index contributed by atoms with van der Waals surface area (Å²) in [4.78, 5) is 28.0. The van der Waals surface area contributed by atoms with Gasteiger partial charge in [-0.05, 0) is 25.1 Å². The smallest absolute Gasteiger partial charge is 0.409 e. The highest BCUT2D eigenvalue weighted by Gasteiger charge is 2.27. The van der Waals surface area contributed by atoms with Crippen LogP contribution in [0.25, 0.3) is 11.3 Å². The van der Waals surface area contributed by atoms with Crippen molar-refractivity contribution in [2.45, 2.75) is 6.92 Å². The second-order valence-electron chi connectivity index (χ2n) is 6.03. The van der Waals surface area contributed by atoms with Crippen LogP contribution in [0.1, 0.15) is 17.4 Å². The summed E-state index contributed by atoms with van der Waals surface area (Å²) in [5.41, 5.74) is 2.06. The molecule has 0 atom stereocenters. The molecular formula is C18H21ClN4O3. The van der Waals surface area contributed by atoms with Crippen LogP contribution in [0, 0.1) is 0 Å². The Balaban J connectivity index is 1.70. The minimum atomic E-state index is -0.330. The fourth-order valence-electron chi connectivity index (χ4n) is 2.93. The van der Waals surface area contributed by atoms with Crippen molar-refractivity contribution in [1.29, 1.82) is 0 Å². The van der Waals surface area contributed by atoms with Gasteiger partial charge in [0.25, 0.3) is 5.91 Å². The Bertz CT molecular complexity index is 813. The van der Waals surface area contributed by atoms with Crippen LogP contribution >= 0.6 is 11.6 Å². The molecule has 0 radical (unpaired) electrons. The number of nitrogens with zero attached hydrogens (tertiary/aromatic N) is 4. The normalized spacial score (nSPS) is 14.4. The van der Waals surface area contributed by atoms with Crippen molar-refractivity contribution in [2.24, 2.45) is 7.05 Å². The predicted octanol–water partition coefficient (Wildman–Crippen LogP) is 2.65. The summed E-state index contributed by atoms with van der Waals surface area (Å²) in [7, 11) is 1.75. The molecule has 1 aromatic heterocycles. The van der Waals surface area contributed by atoms with Gasteiger partial charge >= 0.3 is 6.09 Å². The quantitative estimate of drug-likeness (QED) is 0.825. The number of hydrogen-bond donors (Lipinski definition) is 0. The van der Waals surface area contributed by atoms with Gasteiger partial charge in [0.15, 0.2) is 0 Å². The van der Waals surface area contributed by atoms with Crippen LogP contribution in [0.4, 0.5) is 4.79 Å². The Hall–Kier alpha value is -2.54. The van der Waals surface area contributed by atoms with Gasteiger partial charge in [-0.3, -0.25) is 9.48 Å². The highest BCUT2D eigenvalue weighted by Crippen LogP contribution is 2.23. The zero-order chi connectivity index (χ0) is 18.7. The molecule has 0 N–H and O–H groups in total. The summed E-state index contributed by atoms with van der Waals surface area (Å²) in [5.74, 6) is -0.100. The Kier molecular flexibility index (Phi) is 5.46. The zero-order valence-corrected chi connectivity index (χ0v) is 15.6. The molecule has 138 valence electrons. The van der Waals surface area contributed by atoms with Crippen molar-refractivity contribution in [1.82, 2.24) is 19.6 Å². The number of aryl methyl sites for hydroxylation is 1. The predicted molar refractivity (Wildman–Crippen MR) is 98.2 cm³/mol. The number of carbonyl (C=O) groups excluding carboxylic acids is 2. The molecule has 0 saturated carbocycles. The van der Waals surface area contributed by atoms with E-state index in [2.05, 4.69) is 5.10 Å². The van der Waals surface area contributed by atoms with Gasteiger partial charge in [0.05, 0.1) is 12.3 Å². The van der Waals surface area contributed by atoms with Crippen molar-refractivity contribution in [3.8, 4) is 11.3 Å². The van der Waals surface area contributed by atoms with Crippen LogP contribution in [0.3, 0.4) is 0 Å². The van der Waals surface area contributed by atoms with Crippen molar-refractivity contribution in [3.05, 3.63) is 41.0 Å². The van der Waals surface area contributed by atoms with Crippen LogP contribution in [-0.2, 0) is 11.8 Å². The standard InChI is InChI=1S/C18H21ClN4O3/c1-3-26-18(25)23-9-7-22(8-10-23)17(24)16-12-15(20-21(16)2)13-5-4-6-14(19)11-13/h4-6,11-12H,3,7-10H2,1-2H3. The van der Waals surface area contributed by atoms with E-state index in [-0.39, 0.29) is 12.0 Å². The summed E-state index contributed by atoms with van der Waals surface area (Å²) in [5, 5.41) is 5.05. The number of amides is 2. The summed E-state index contributed by atoms with van der Waals surface area (Å²) < 4.78 is 6.58. The van der Waals surface area contributed by atoms with Gasteiger partial charge < -0.3 is 14.5 Å². The van der Waals surface area contributed by atoms with E-state index in [1.165, 1.54) is 0 Å². The van der Waals surface area contributed by atoms with Gasteiger partial charge in [-0.2, -0.15) is 5.10 Å². The van der Waals surface area contributed by atoms with Crippen LogP contribution in [0.2, 0.25) is 5.02 Å². The SMILES string of the molecule is CCOC(=O)N1CCN(C(=O)c2cc(-c3cccc(Cl)c3)nn2C)CC1. The molecule has 0 spiro atoms. The Morgan fingerprint density at radius 2 is 1.85 bits per heavy atom. The third kappa shape index (κ3) is 3.83. The van der Waals surface area contributed by atoms with Crippen molar-refractivity contribution in [3.63, 3.8) is 0 Å². The number of benzene rings is 1. The Morgan fingerprint density at radius 3 is 2.50 bits per heavy atom. The molecule has 1 aliphatic heterocycles. The van der Waals surface area contributed by atoms with E-state index >= 15 is 0 Å². The number of carbonyl (C=O) groups is 2. The van der Waals surface area contributed by atoms with Gasteiger partial charge in [-0.25, -0.2) is 4.79 Å². The summed E-state index contributed by atoms with van der Waals surface area (Å²) in [6, 6.07) is 9.13. The maximum atomic E-state index is 12.8. The van der Waals surface area contributed by atoms with E-state index < -0.39 is 0 Å². The molecule has 0 unspecified atom stereocenters. The molecule has 3 rings (SSSR count). The first kappa shape index (κ1) is 18.3. The van der Waals surface area contributed by atoms with E-state index in [0.717, 1.165) is 5.56 Å². The lowest BCUT2D eigenvalue weighted by atomic mass is 10.1. The minimum Gasteiger partial charge on any atom is -0.450 e. The molecule has 26 heavy (non-hydrogen) atoms. The van der Waals surface area contributed by atoms with E-state index in [0.29, 0.717) is 49.2 Å². The van der Waals surface area contributed by atoms with Gasteiger partial charge in [0, 0.05) is 43.8 Å². The van der Waals surface area contributed by atoms with Gasteiger partial charge in [-0.1, -0.05) is 23.7 Å². The molecule has 1 saturated heterocycles. The molecule has 1 fully saturated rings. The van der Waals surface area contributed by atoms with Gasteiger partial charge in [0.1, 0.15) is 5.69 Å². The average Bonchev–Trinajstić information content (AvgIpc) is 3.03. The van der Waals surface area contributed by atoms with E-state index in [1.54, 1.807) is 40.6 Å². The molecule has 2 aromatic rings. The number of aromatic nitrogens is 2. The van der Waals surface area contributed by atoms with Gasteiger partial charge in [0.2, 0.25) is 0 Å². The molecule has 1 aliphatic rings. The first-order chi connectivity index (χ1) is 12.5. The molecule has 8 heteroatoms. The highest BCUT2D eigenvalue weighted by molar-refractivity contribution is 6.30. The van der Waals surface area contributed by atoms with E-state index in [1.807, 2.05) is 18.2 Å². The van der Waals surface area contributed by atoms with Crippen molar-refractivity contribution >= 4 is 23.6 Å². The number of halogens is 1. The minimum absolute atomic E-state index is 0.100. The highest BCUT2D eigenvalue weighted by atomic mass is 35.5. The first-order valence-electron chi connectivity index (χ1n) is 8.50. The Morgan fingerprint density at radius 1 is 1.15 bits per heavy atom. The average molecular weight is 377 g/mol. The molecule has 7 nitrogen and oxygen atoms in total. The summed E-state index contributed by atoms with van der Waals surface area (Å²) in [6.45, 7) is 3.98. The summed E-state index contributed by atoms with van der Waals surface area (Å²) >= 11 is 6.04. The van der Waals surface area contributed by atoms with E-state index in [4.69, 9.17) is 16.3 Å². The third-order valence-corrected chi connectivity index (χ3v) is 4.55. The summed E-state index contributed by atoms with van der Waals surface area (Å²) in [6.07, 6.45) is -0.330. The van der Waals surface area contributed by atoms with Crippen molar-refractivity contribution < 1.29 is 14.3 Å². The number of ether oxygens (including phenoxy) is 1. The lowest BCUT2D eigenvalue weighted by Crippen LogP contribution is -2.51. The maximum Gasteiger partial charge on any atom is 0.409 e. The fraction of sp³-hybridized carbons (Fsp3) is 0.389. The molecule has 2 amide bonds. The Labute approximate surface area is 157 Å². The number of rotatable bonds is 3. The molecular weight excluding hydrogens is 356 g/mol. The molecule has 1 aromatic carbocycles. The maximum absolute atomic E-state index is 12.8. The van der Waals surface area contributed by atoms with E-state index in [9.17, 15) is 9.59 Å². The zero-order valence-electron chi connectivity index (χ0n) is 14.8. The molecule has 0 bridgehead atoms. The monoisotopic (exact) mass is 376 g/mol. The lowest BCUT2D eigenvalue weighted by molar-refractivity contribution is 0.0562. The van der Waals surface area contributed by atoms with Gasteiger partial charge in [-0.15, -0.1) is 0 Å². The molecule has 0 aliphatic carbocycles. The lowest BCUT2D eigenvalue weighted by Gasteiger charge is -2.33. The topological polar surface area (TPSA) is 67.7 Å². The van der Waals surface area contributed by atoms with Crippen molar-refractivity contribution in [2.75, 3.05) is 32.8 Å². The number of hydrogen-bond acceptors (Lipinski definition) is 4. The van der Waals surface area contributed by atoms with Crippen LogP contribution < -0.4 is 0 Å². The molecule has 2 heterocycles. The third-order valence-electron chi connectivity index (χ3n) is 4.31. The first-order valence-corrected chi connectivity index (χ1v) is 8.88. The van der Waals surface area contributed by atoms with Crippen LogP contribution in [0.5, 0.6) is 0 Å². The second-order valence-corrected chi connectivity index (χ2v) is 6.46.